The number of nitrogens with zero attached hydrogens (tertiary/aromatic N) is 1. The van der Waals surface area contributed by atoms with Crippen molar-refractivity contribution in [3.63, 3.8) is 0 Å². The molecule has 0 aliphatic carbocycles. The highest BCUT2D eigenvalue weighted by Crippen LogP contribution is 2.30. The quantitative estimate of drug-likeness (QED) is 0.796. The largest absolute Gasteiger partial charge is 0.389 e. The van der Waals surface area contributed by atoms with E-state index in [1.54, 1.807) is 27.2 Å². The molecular weight excluding hydrogens is 261 g/mol. The summed E-state index contributed by atoms with van der Waals surface area (Å²) in [6, 6.07) is 4.87. The fraction of sp³-hybridized carbons (Fsp3) is 0.600. The van der Waals surface area contributed by atoms with Gasteiger partial charge in [0.2, 0.25) is 0 Å². The molecule has 0 aliphatic heterocycles. The summed E-state index contributed by atoms with van der Waals surface area (Å²) in [4.78, 5) is 2.00. The molecular formula is C15H24FNO3. The van der Waals surface area contributed by atoms with Crippen molar-refractivity contribution in [2.24, 2.45) is 0 Å². The first-order valence-electron chi connectivity index (χ1n) is 6.73. The smallest absolute Gasteiger partial charge is 0.131 e. The minimum Gasteiger partial charge on any atom is -0.389 e. The Morgan fingerprint density at radius 1 is 1.25 bits per heavy atom. The third kappa shape index (κ3) is 4.16. The molecule has 0 radical (unpaired) electrons. The molecule has 1 aromatic carbocycles. The molecule has 114 valence electrons. The van der Waals surface area contributed by atoms with Gasteiger partial charge in [0.1, 0.15) is 5.82 Å². The van der Waals surface area contributed by atoms with Crippen molar-refractivity contribution in [2.45, 2.75) is 26.0 Å². The maximum Gasteiger partial charge on any atom is 0.131 e. The van der Waals surface area contributed by atoms with E-state index in [4.69, 9.17) is 9.47 Å². The number of rotatable bonds is 8. The lowest BCUT2D eigenvalue weighted by atomic mass is 10.1. The van der Waals surface area contributed by atoms with Crippen LogP contribution in [0.2, 0.25) is 0 Å². The van der Waals surface area contributed by atoms with E-state index in [1.807, 2.05) is 17.9 Å². The fourth-order valence-corrected chi connectivity index (χ4v) is 2.29. The van der Waals surface area contributed by atoms with Crippen LogP contribution in [0.4, 0.5) is 10.1 Å². The first-order chi connectivity index (χ1) is 9.52. The summed E-state index contributed by atoms with van der Waals surface area (Å²) in [6.45, 7) is 5.20. The highest BCUT2D eigenvalue weighted by atomic mass is 19.1. The zero-order chi connectivity index (χ0) is 15.1. The number of benzene rings is 1. The van der Waals surface area contributed by atoms with Gasteiger partial charge in [0.05, 0.1) is 19.3 Å². The van der Waals surface area contributed by atoms with Gasteiger partial charge >= 0.3 is 0 Å². The van der Waals surface area contributed by atoms with Crippen LogP contribution in [0.5, 0.6) is 0 Å². The fourth-order valence-electron chi connectivity index (χ4n) is 2.29. The lowest BCUT2D eigenvalue weighted by Crippen LogP contribution is -2.39. The number of aliphatic hydroxyl groups excluding tert-OH is 1. The summed E-state index contributed by atoms with van der Waals surface area (Å²) < 4.78 is 24.3. The zero-order valence-electron chi connectivity index (χ0n) is 12.6. The van der Waals surface area contributed by atoms with Crippen molar-refractivity contribution in [2.75, 3.05) is 38.9 Å². The van der Waals surface area contributed by atoms with E-state index in [2.05, 4.69) is 0 Å². The standard InChI is InChI=1S/C15H24FNO3/c1-11(10-20-4)17(8-9-19-3)14-7-5-6-13(16)15(14)12(2)18/h5-7,11-12,18H,8-10H2,1-4H3. The predicted octanol–water partition coefficient (Wildman–Crippen LogP) is 2.37. The third-order valence-corrected chi connectivity index (χ3v) is 3.23. The van der Waals surface area contributed by atoms with E-state index in [1.165, 1.54) is 6.07 Å². The Morgan fingerprint density at radius 2 is 1.95 bits per heavy atom. The Balaban J connectivity index is 3.15. The SMILES string of the molecule is COCCN(c1cccc(F)c1C(C)O)C(C)COC. The second-order valence-electron chi connectivity index (χ2n) is 4.84. The van der Waals surface area contributed by atoms with Crippen LogP contribution in [-0.2, 0) is 9.47 Å². The van der Waals surface area contributed by atoms with Crippen LogP contribution in [0.1, 0.15) is 25.5 Å². The molecule has 0 bridgehead atoms. The molecule has 0 fully saturated rings. The molecule has 0 heterocycles. The maximum absolute atomic E-state index is 14.0. The van der Waals surface area contributed by atoms with E-state index in [-0.39, 0.29) is 6.04 Å². The Labute approximate surface area is 120 Å². The van der Waals surface area contributed by atoms with Crippen LogP contribution in [0.3, 0.4) is 0 Å². The molecule has 0 amide bonds. The summed E-state index contributed by atoms with van der Waals surface area (Å²) in [7, 11) is 3.26. The van der Waals surface area contributed by atoms with E-state index in [9.17, 15) is 9.50 Å². The zero-order valence-corrected chi connectivity index (χ0v) is 12.6. The number of hydrogen-bond donors (Lipinski definition) is 1. The Bertz CT molecular complexity index is 412. The minimum atomic E-state index is -0.869. The van der Waals surface area contributed by atoms with E-state index in [0.29, 0.717) is 31.0 Å². The van der Waals surface area contributed by atoms with Gasteiger partial charge in [-0.05, 0) is 26.0 Å². The topological polar surface area (TPSA) is 41.9 Å². The molecule has 20 heavy (non-hydrogen) atoms. The molecule has 0 spiro atoms. The van der Waals surface area contributed by atoms with Gasteiger partial charge < -0.3 is 19.5 Å². The highest BCUT2D eigenvalue weighted by Gasteiger charge is 2.21. The van der Waals surface area contributed by atoms with Crippen molar-refractivity contribution in [3.8, 4) is 0 Å². The van der Waals surface area contributed by atoms with Crippen molar-refractivity contribution in [1.82, 2.24) is 0 Å². The molecule has 1 aromatic rings. The van der Waals surface area contributed by atoms with E-state index in [0.717, 1.165) is 0 Å². The Hall–Kier alpha value is -1.17. The molecule has 1 rings (SSSR count). The molecule has 0 saturated heterocycles. The summed E-state index contributed by atoms with van der Waals surface area (Å²) in [6.07, 6.45) is -0.869. The van der Waals surface area contributed by atoms with Crippen LogP contribution in [0, 0.1) is 5.82 Å². The number of aliphatic hydroxyl groups is 1. The number of ether oxygens (including phenoxy) is 2. The second kappa shape index (κ2) is 8.19. The van der Waals surface area contributed by atoms with Crippen LogP contribution in [-0.4, -0.2) is 45.1 Å². The summed E-state index contributed by atoms with van der Waals surface area (Å²) in [5, 5.41) is 9.84. The molecule has 0 aliphatic rings. The molecule has 5 heteroatoms. The monoisotopic (exact) mass is 285 g/mol. The van der Waals surface area contributed by atoms with Gasteiger partial charge in [-0.3, -0.25) is 0 Å². The average molecular weight is 285 g/mol. The Kier molecular flexibility index (Phi) is 6.91. The second-order valence-corrected chi connectivity index (χ2v) is 4.84. The van der Waals surface area contributed by atoms with Crippen molar-refractivity contribution < 1.29 is 19.0 Å². The van der Waals surface area contributed by atoms with Crippen LogP contribution < -0.4 is 4.90 Å². The molecule has 0 aromatic heterocycles. The molecule has 0 saturated carbocycles. The normalized spacial score (nSPS) is 14.1. The molecule has 4 nitrogen and oxygen atoms in total. The van der Waals surface area contributed by atoms with Gasteiger partial charge in [-0.15, -0.1) is 0 Å². The summed E-state index contributed by atoms with van der Waals surface area (Å²) in [5.74, 6) is -0.399. The minimum absolute atomic E-state index is 0.0504. The van der Waals surface area contributed by atoms with Crippen LogP contribution in [0.25, 0.3) is 0 Å². The molecule has 2 atom stereocenters. The lowest BCUT2D eigenvalue weighted by molar-refractivity contribution is 0.169. The van der Waals surface area contributed by atoms with Crippen molar-refractivity contribution in [3.05, 3.63) is 29.6 Å². The third-order valence-electron chi connectivity index (χ3n) is 3.23. The van der Waals surface area contributed by atoms with Gasteiger partial charge in [-0.2, -0.15) is 0 Å². The number of methoxy groups -OCH3 is 2. The number of anilines is 1. The molecule has 1 N–H and O–H groups in total. The highest BCUT2D eigenvalue weighted by molar-refractivity contribution is 5.56. The van der Waals surface area contributed by atoms with Crippen molar-refractivity contribution >= 4 is 5.69 Å². The van der Waals surface area contributed by atoms with E-state index >= 15 is 0 Å². The number of hydrogen-bond acceptors (Lipinski definition) is 4. The Morgan fingerprint density at radius 3 is 2.50 bits per heavy atom. The maximum atomic E-state index is 14.0. The average Bonchev–Trinajstić information content (AvgIpc) is 2.39. The van der Waals surface area contributed by atoms with Gasteiger partial charge in [0.25, 0.3) is 0 Å². The lowest BCUT2D eigenvalue weighted by Gasteiger charge is -2.33. The van der Waals surface area contributed by atoms with Crippen LogP contribution in [0.15, 0.2) is 18.2 Å². The van der Waals surface area contributed by atoms with Gasteiger partial charge in [-0.25, -0.2) is 4.39 Å². The molecule has 2 unspecified atom stereocenters. The van der Waals surface area contributed by atoms with Crippen molar-refractivity contribution in [1.29, 1.82) is 0 Å². The van der Waals surface area contributed by atoms with Crippen LogP contribution >= 0.6 is 0 Å². The predicted molar refractivity (Wildman–Crippen MR) is 77.6 cm³/mol. The van der Waals surface area contributed by atoms with Gasteiger partial charge in [0, 0.05) is 38.1 Å². The van der Waals surface area contributed by atoms with Gasteiger partial charge in [-0.1, -0.05) is 6.07 Å². The summed E-state index contributed by atoms with van der Waals surface area (Å²) in [5.41, 5.74) is 0.994. The van der Waals surface area contributed by atoms with Gasteiger partial charge in [0.15, 0.2) is 0 Å². The number of halogens is 1. The van der Waals surface area contributed by atoms with E-state index < -0.39 is 11.9 Å². The summed E-state index contributed by atoms with van der Waals surface area (Å²) >= 11 is 0. The first kappa shape index (κ1) is 16.9. The first-order valence-corrected chi connectivity index (χ1v) is 6.73.